The van der Waals surface area contributed by atoms with Crippen molar-refractivity contribution in [2.75, 3.05) is 32.2 Å². The van der Waals surface area contributed by atoms with Gasteiger partial charge in [-0.05, 0) is 12.5 Å². The number of nitro groups is 1. The second kappa shape index (κ2) is 7.59. The molecule has 1 aliphatic rings. The number of carbonyl (C=O) groups is 1. The van der Waals surface area contributed by atoms with Crippen LogP contribution >= 0.6 is 0 Å². The summed E-state index contributed by atoms with van der Waals surface area (Å²) < 4.78 is 15.3. The molecule has 2 rings (SSSR count). The lowest BCUT2D eigenvalue weighted by Crippen LogP contribution is -2.33. The number of benzene rings is 1. The SMILES string of the molecule is C=CCOc1cc(C(=O)OC)cc(NC[C@@H]2CCO2)c1[N+](=O)[O-]. The Kier molecular flexibility index (Phi) is 5.53. The van der Waals surface area contributed by atoms with Crippen LogP contribution < -0.4 is 10.1 Å². The number of carbonyl (C=O) groups excluding carboxylic acids is 1. The first-order chi connectivity index (χ1) is 11.1. The first-order valence-corrected chi connectivity index (χ1v) is 7.06. The third-order valence-corrected chi connectivity index (χ3v) is 3.35. The fourth-order valence-electron chi connectivity index (χ4n) is 2.09. The van der Waals surface area contributed by atoms with Gasteiger partial charge in [-0.2, -0.15) is 0 Å². The summed E-state index contributed by atoms with van der Waals surface area (Å²) in [6, 6.07) is 2.67. The number of esters is 1. The minimum Gasteiger partial charge on any atom is -0.483 e. The highest BCUT2D eigenvalue weighted by atomic mass is 16.6. The number of ether oxygens (including phenoxy) is 3. The highest BCUT2D eigenvalue weighted by molar-refractivity contribution is 5.93. The normalized spacial score (nSPS) is 16.1. The van der Waals surface area contributed by atoms with E-state index in [0.29, 0.717) is 13.2 Å². The lowest BCUT2D eigenvalue weighted by Gasteiger charge is -2.27. The number of rotatable bonds is 8. The van der Waals surface area contributed by atoms with E-state index in [1.165, 1.54) is 25.3 Å². The van der Waals surface area contributed by atoms with Gasteiger partial charge >= 0.3 is 11.7 Å². The van der Waals surface area contributed by atoms with Gasteiger partial charge in [-0.3, -0.25) is 10.1 Å². The first-order valence-electron chi connectivity index (χ1n) is 7.06. The van der Waals surface area contributed by atoms with Gasteiger partial charge in [-0.1, -0.05) is 12.7 Å². The van der Waals surface area contributed by atoms with Gasteiger partial charge in [0.05, 0.1) is 23.7 Å². The lowest BCUT2D eigenvalue weighted by atomic mass is 10.1. The molecule has 1 aliphatic heterocycles. The van der Waals surface area contributed by atoms with E-state index in [1.807, 2.05) is 0 Å². The fraction of sp³-hybridized carbons (Fsp3) is 0.400. The zero-order valence-corrected chi connectivity index (χ0v) is 12.7. The molecule has 1 heterocycles. The molecule has 1 N–H and O–H groups in total. The number of hydrogen-bond donors (Lipinski definition) is 1. The van der Waals surface area contributed by atoms with Crippen molar-refractivity contribution in [3.63, 3.8) is 0 Å². The molecule has 1 atom stereocenters. The molecule has 1 aromatic rings. The number of nitrogens with one attached hydrogen (secondary N) is 1. The van der Waals surface area contributed by atoms with Gasteiger partial charge in [-0.15, -0.1) is 0 Å². The van der Waals surface area contributed by atoms with Crippen LogP contribution in [0.5, 0.6) is 5.75 Å². The molecule has 1 fully saturated rings. The molecule has 0 bridgehead atoms. The molecule has 0 spiro atoms. The van der Waals surface area contributed by atoms with Gasteiger partial charge in [0.1, 0.15) is 12.3 Å². The number of nitro benzene ring substituents is 1. The molecule has 124 valence electrons. The van der Waals surface area contributed by atoms with E-state index in [9.17, 15) is 14.9 Å². The van der Waals surface area contributed by atoms with Crippen LogP contribution in [0.4, 0.5) is 11.4 Å². The minimum absolute atomic E-state index is 0.00827. The predicted molar refractivity (Wildman–Crippen MR) is 83.0 cm³/mol. The van der Waals surface area contributed by atoms with Crippen LogP contribution in [-0.4, -0.2) is 43.9 Å². The molecule has 0 aromatic heterocycles. The Bertz CT molecular complexity index is 612. The Labute approximate surface area is 133 Å². The van der Waals surface area contributed by atoms with E-state index in [4.69, 9.17) is 9.47 Å². The number of nitrogens with zero attached hydrogens (tertiary/aromatic N) is 1. The Morgan fingerprint density at radius 3 is 2.87 bits per heavy atom. The van der Waals surface area contributed by atoms with Crippen molar-refractivity contribution in [3.05, 3.63) is 40.5 Å². The van der Waals surface area contributed by atoms with Crippen molar-refractivity contribution in [1.82, 2.24) is 0 Å². The van der Waals surface area contributed by atoms with E-state index >= 15 is 0 Å². The molecule has 0 amide bonds. The second-order valence-corrected chi connectivity index (χ2v) is 4.88. The molecule has 0 radical (unpaired) electrons. The minimum atomic E-state index is -0.605. The third kappa shape index (κ3) is 3.98. The van der Waals surface area contributed by atoms with Crippen molar-refractivity contribution in [1.29, 1.82) is 0 Å². The summed E-state index contributed by atoms with van der Waals surface area (Å²) in [5.74, 6) is -0.624. The van der Waals surface area contributed by atoms with E-state index in [0.717, 1.165) is 6.42 Å². The van der Waals surface area contributed by atoms with Crippen LogP contribution in [0, 0.1) is 10.1 Å². The summed E-state index contributed by atoms with van der Waals surface area (Å²) in [6.45, 7) is 4.68. The highest BCUT2D eigenvalue weighted by Gasteiger charge is 2.26. The van der Waals surface area contributed by atoms with Crippen LogP contribution in [0.2, 0.25) is 0 Å². The Morgan fingerprint density at radius 1 is 1.61 bits per heavy atom. The lowest BCUT2D eigenvalue weighted by molar-refractivity contribution is -0.384. The summed E-state index contributed by atoms with van der Waals surface area (Å²) >= 11 is 0. The van der Waals surface area contributed by atoms with Gasteiger partial charge in [0, 0.05) is 19.2 Å². The van der Waals surface area contributed by atoms with Crippen LogP contribution in [0.3, 0.4) is 0 Å². The summed E-state index contributed by atoms with van der Waals surface area (Å²) in [6.07, 6.45) is 2.36. The molecule has 0 saturated carbocycles. The average Bonchev–Trinajstić information content (AvgIpc) is 2.49. The summed E-state index contributed by atoms with van der Waals surface area (Å²) in [5.41, 5.74) is 0.112. The molecular weight excluding hydrogens is 304 g/mol. The number of methoxy groups -OCH3 is 1. The van der Waals surface area contributed by atoms with Crippen LogP contribution in [0.15, 0.2) is 24.8 Å². The maximum Gasteiger partial charge on any atom is 0.338 e. The molecule has 0 aliphatic carbocycles. The van der Waals surface area contributed by atoms with E-state index in [2.05, 4.69) is 16.6 Å². The molecule has 1 aromatic carbocycles. The summed E-state index contributed by atoms with van der Waals surface area (Å²) in [4.78, 5) is 22.6. The standard InChI is InChI=1S/C15H18N2O6/c1-3-5-23-13-8-10(15(18)21-2)7-12(14(13)17(19)20)16-9-11-4-6-22-11/h3,7-8,11,16H,1,4-6,9H2,2H3/t11-/m0/s1. The van der Waals surface area contributed by atoms with Gasteiger partial charge < -0.3 is 19.5 Å². The average molecular weight is 322 g/mol. The molecule has 23 heavy (non-hydrogen) atoms. The molecule has 0 unspecified atom stereocenters. The smallest absolute Gasteiger partial charge is 0.338 e. The maximum atomic E-state index is 11.8. The van der Waals surface area contributed by atoms with Gasteiger partial charge in [0.25, 0.3) is 0 Å². The van der Waals surface area contributed by atoms with Crippen molar-refractivity contribution < 1.29 is 23.9 Å². The molecular formula is C15H18N2O6. The van der Waals surface area contributed by atoms with E-state index in [1.54, 1.807) is 0 Å². The van der Waals surface area contributed by atoms with E-state index < -0.39 is 10.9 Å². The van der Waals surface area contributed by atoms with Crippen molar-refractivity contribution >= 4 is 17.3 Å². The van der Waals surface area contributed by atoms with Gasteiger partial charge in [0.15, 0.2) is 0 Å². The zero-order chi connectivity index (χ0) is 16.8. The van der Waals surface area contributed by atoms with E-state index in [-0.39, 0.29) is 35.4 Å². The van der Waals surface area contributed by atoms with Gasteiger partial charge in [-0.25, -0.2) is 4.79 Å². The Hall–Kier alpha value is -2.61. The quantitative estimate of drug-likeness (QED) is 0.339. The maximum absolute atomic E-state index is 11.8. The third-order valence-electron chi connectivity index (χ3n) is 3.35. The second-order valence-electron chi connectivity index (χ2n) is 4.88. The topological polar surface area (TPSA) is 99.9 Å². The van der Waals surface area contributed by atoms with Crippen molar-refractivity contribution in [3.8, 4) is 5.75 Å². The number of anilines is 1. The fourth-order valence-corrected chi connectivity index (χ4v) is 2.09. The van der Waals surface area contributed by atoms with Crippen LogP contribution in [-0.2, 0) is 9.47 Å². The summed E-state index contributed by atoms with van der Waals surface area (Å²) in [7, 11) is 1.24. The Morgan fingerprint density at radius 2 is 2.35 bits per heavy atom. The van der Waals surface area contributed by atoms with Crippen molar-refractivity contribution in [2.24, 2.45) is 0 Å². The number of hydrogen-bond acceptors (Lipinski definition) is 7. The zero-order valence-electron chi connectivity index (χ0n) is 12.7. The monoisotopic (exact) mass is 322 g/mol. The molecule has 8 nitrogen and oxygen atoms in total. The predicted octanol–water partition coefficient (Wildman–Crippen LogP) is 2.15. The largest absolute Gasteiger partial charge is 0.483 e. The summed E-state index contributed by atoms with van der Waals surface area (Å²) in [5, 5.41) is 14.3. The molecule has 1 saturated heterocycles. The van der Waals surface area contributed by atoms with Crippen LogP contribution in [0.25, 0.3) is 0 Å². The highest BCUT2D eigenvalue weighted by Crippen LogP contribution is 2.37. The van der Waals surface area contributed by atoms with Gasteiger partial charge in [0.2, 0.25) is 5.75 Å². The Balaban J connectivity index is 2.37. The molecule has 8 heteroatoms. The first kappa shape index (κ1) is 16.8. The van der Waals surface area contributed by atoms with Crippen LogP contribution in [0.1, 0.15) is 16.8 Å². The van der Waals surface area contributed by atoms with Crippen molar-refractivity contribution in [2.45, 2.75) is 12.5 Å².